The van der Waals surface area contributed by atoms with E-state index in [1.807, 2.05) is 44.4 Å². The second kappa shape index (κ2) is 34.7. The van der Waals surface area contributed by atoms with E-state index in [1.54, 1.807) is 214 Å². The number of nitrogens with one attached hydrogen (secondary N) is 4. The lowest BCUT2D eigenvalue weighted by Crippen LogP contribution is -2.35. The summed E-state index contributed by atoms with van der Waals surface area (Å²) in [6, 6.07) is 27.4. The number of hydrogen-bond acceptors (Lipinski definition) is 19. The average molecular weight is 1710 g/mol. The molecule has 16 rings (SSSR count). The molecule has 4 aliphatic rings. The van der Waals surface area contributed by atoms with Crippen molar-refractivity contribution in [3.8, 4) is 11.5 Å². The van der Waals surface area contributed by atoms with Crippen LogP contribution in [0.15, 0.2) is 191 Å². The number of carbonyl (C=O) groups excluding carboxylic acids is 10. The summed E-state index contributed by atoms with van der Waals surface area (Å²) in [5.74, 6) is -0.897. The largest absolute Gasteiger partial charge is 0.493 e. The van der Waals surface area contributed by atoms with Gasteiger partial charge >= 0.3 is 0 Å². The summed E-state index contributed by atoms with van der Waals surface area (Å²) in [4.78, 5) is 156. The molecule has 0 spiro atoms. The zero-order valence-corrected chi connectivity index (χ0v) is 71.5. The fourth-order valence-corrected chi connectivity index (χ4v) is 16.9. The Morgan fingerprint density at radius 1 is 0.508 bits per heavy atom. The van der Waals surface area contributed by atoms with Crippen LogP contribution in [0.2, 0.25) is 0 Å². The first-order valence-corrected chi connectivity index (χ1v) is 42.9. The molecule has 4 aliphatic heterocycles. The van der Waals surface area contributed by atoms with Crippen LogP contribution in [0.25, 0.3) is 21.8 Å². The first-order chi connectivity index (χ1) is 59.2. The highest BCUT2D eigenvalue weighted by Crippen LogP contribution is 2.38. The Labute approximate surface area is 716 Å². The highest BCUT2D eigenvalue weighted by molar-refractivity contribution is 7.98. The lowest BCUT2D eigenvalue weighted by molar-refractivity contribution is -0.117. The van der Waals surface area contributed by atoms with Crippen LogP contribution >= 0.6 is 11.8 Å². The maximum atomic E-state index is 13.6. The van der Waals surface area contributed by atoms with Gasteiger partial charge < -0.3 is 67.9 Å². The predicted octanol–water partition coefficient (Wildman–Crippen LogP) is 12.1. The number of hydrogen-bond donors (Lipinski definition) is 4. The van der Waals surface area contributed by atoms with Gasteiger partial charge in [0, 0.05) is 177 Å². The molecule has 34 heteroatoms. The van der Waals surface area contributed by atoms with Crippen LogP contribution in [0.3, 0.4) is 0 Å². The number of anilines is 4. The van der Waals surface area contributed by atoms with Gasteiger partial charge in [0.1, 0.15) is 34.3 Å². The molecule has 0 saturated carbocycles. The minimum Gasteiger partial charge on any atom is -0.493 e. The number of rotatable bonds is 26. The topological polar surface area (TPSA) is 368 Å². The smallest absolute Gasteiger partial charge is 0.279 e. The van der Waals surface area contributed by atoms with Crippen LogP contribution in [-0.4, -0.2) is 187 Å². The minimum absolute atomic E-state index is 0.0277. The molecule has 2 saturated heterocycles. The number of nitrogens with zero attached hydrogens (tertiary/aromatic N) is 14. The Balaban J connectivity index is 0.000000192. The van der Waals surface area contributed by atoms with Crippen molar-refractivity contribution in [2.24, 2.45) is 52.3 Å². The van der Waals surface area contributed by atoms with Gasteiger partial charge in [0.25, 0.3) is 35.4 Å². The molecule has 4 N–H and O–H groups in total. The van der Waals surface area contributed by atoms with E-state index in [9.17, 15) is 56.4 Å². The number of benzene rings is 4. The van der Waals surface area contributed by atoms with Crippen molar-refractivity contribution in [3.63, 3.8) is 0 Å². The lowest BCUT2D eigenvalue weighted by atomic mass is 10.1. The second-order valence-electron chi connectivity index (χ2n) is 31.5. The van der Waals surface area contributed by atoms with Crippen LogP contribution in [0.1, 0.15) is 145 Å². The molecule has 12 heterocycles. The Kier molecular flexibility index (Phi) is 23.7. The molecule has 6 amide bonds. The number of ether oxygens (including phenoxy) is 2. The monoisotopic (exact) mass is 1710 g/mol. The summed E-state index contributed by atoms with van der Waals surface area (Å²) in [6.45, 7) is 13.3. The number of aromatic nitrogens is 10. The van der Waals surface area contributed by atoms with Gasteiger partial charge in [-0.3, -0.25) is 67.1 Å². The number of imidazole rings is 2. The second-order valence-corrected chi connectivity index (χ2v) is 34.4. The van der Waals surface area contributed by atoms with Crippen molar-refractivity contribution in [1.82, 2.24) is 56.3 Å². The highest BCUT2D eigenvalue weighted by Gasteiger charge is 2.36. The number of fused-ring (bicyclic) bond motifs is 6. The Morgan fingerprint density at radius 2 is 0.935 bits per heavy atom. The van der Waals surface area contributed by atoms with E-state index in [0.717, 1.165) is 44.3 Å². The maximum absolute atomic E-state index is 13.6. The zero-order chi connectivity index (χ0) is 88.0. The Bertz CT molecular complexity index is 6670. The summed E-state index contributed by atoms with van der Waals surface area (Å²) in [5.41, 5.74) is 10.4. The van der Waals surface area contributed by atoms with Gasteiger partial charge in [-0.2, -0.15) is 0 Å². The van der Waals surface area contributed by atoms with Gasteiger partial charge in [0.05, 0.1) is 75.1 Å². The number of amides is 6. The minimum atomic E-state index is -3.42. The van der Waals surface area contributed by atoms with Crippen molar-refractivity contribution in [2.75, 3.05) is 60.1 Å². The van der Waals surface area contributed by atoms with Crippen molar-refractivity contribution in [3.05, 3.63) is 239 Å². The van der Waals surface area contributed by atoms with E-state index >= 15 is 0 Å². The Morgan fingerprint density at radius 3 is 1.37 bits per heavy atom. The number of aliphatic imine (C=N–C) groups is 2. The van der Waals surface area contributed by atoms with E-state index in [4.69, 9.17) is 9.47 Å². The summed E-state index contributed by atoms with van der Waals surface area (Å²) < 4.78 is 48.6. The average Bonchev–Trinajstić information content (AvgIpc) is 1.64. The van der Waals surface area contributed by atoms with Gasteiger partial charge in [0.2, 0.25) is 23.4 Å². The number of thioether (sulfide) groups is 1. The molecule has 12 aromatic rings. The number of carbonyl (C=O) groups is 10. The quantitative estimate of drug-likeness (QED) is 0.0169. The fourth-order valence-electron chi connectivity index (χ4n) is 15.8. The van der Waals surface area contributed by atoms with Crippen LogP contribution in [0.5, 0.6) is 11.5 Å². The van der Waals surface area contributed by atoms with Gasteiger partial charge in [-0.25, -0.2) is 18.4 Å². The molecular weight excluding hydrogens is 1620 g/mol. The SMILES string of the molecule is C=C1C[C@H]2C=Nc3cc(OCCCC(=O)Nc4cn(C)c(C(=O)Cc5cc(C(=O)Nc6cc(C(=O)n7ccc8cc(S(C)(=O)=O)ccc87)n(C)c6)n(C)c5)n4)c(C)cc3C(=O)N2C1.C=C1C[C@H]2C=Nc3cc(OCCCC(=O)Nc4cn(C)c(C(=O)Cc5cc(C(=O)Nc6cc(C(=O)n7ccc8cc(SC)ccc87)n(C)c6)n(C)c5)n4)c(C)cc3C(=O)N2C1. The van der Waals surface area contributed by atoms with E-state index in [1.165, 1.54) is 21.3 Å². The van der Waals surface area contributed by atoms with Gasteiger partial charge in [-0.15, -0.1) is 11.8 Å². The van der Waals surface area contributed by atoms with Crippen molar-refractivity contribution in [1.29, 1.82) is 0 Å². The molecule has 8 aromatic heterocycles. The molecule has 2 atom stereocenters. The number of sulfone groups is 1. The van der Waals surface area contributed by atoms with Crippen LogP contribution in [0.4, 0.5) is 34.4 Å². The lowest BCUT2D eigenvalue weighted by Gasteiger charge is -2.20. The van der Waals surface area contributed by atoms with E-state index in [0.29, 0.717) is 118 Å². The van der Waals surface area contributed by atoms with E-state index < -0.39 is 21.7 Å². The highest BCUT2D eigenvalue weighted by atomic mass is 32.2. The molecule has 636 valence electrons. The Hall–Kier alpha value is -14.3. The van der Waals surface area contributed by atoms with Crippen molar-refractivity contribution < 1.29 is 65.8 Å². The molecular formula is C90H90N18O14S2. The van der Waals surface area contributed by atoms with E-state index in [2.05, 4.69) is 54.4 Å². The molecule has 0 unspecified atom stereocenters. The van der Waals surface area contributed by atoms with Crippen molar-refractivity contribution in [2.45, 2.75) is 87.1 Å². The number of aryl methyl sites for hydroxylation is 8. The van der Waals surface area contributed by atoms with Gasteiger partial charge in [-0.05, 0) is 153 Å². The molecule has 32 nitrogen and oxygen atoms in total. The van der Waals surface area contributed by atoms with Crippen LogP contribution < -0.4 is 30.7 Å². The van der Waals surface area contributed by atoms with Crippen molar-refractivity contribution >= 4 is 149 Å². The van der Waals surface area contributed by atoms with Crippen LogP contribution in [0, 0.1) is 13.8 Å². The zero-order valence-electron chi connectivity index (χ0n) is 69.9. The predicted molar refractivity (Wildman–Crippen MR) is 471 cm³/mol. The molecule has 0 bridgehead atoms. The first-order valence-electron chi connectivity index (χ1n) is 39.8. The molecule has 4 aromatic carbocycles. The molecule has 2 fully saturated rings. The normalized spacial score (nSPS) is 14.7. The molecule has 124 heavy (non-hydrogen) atoms. The fraction of sp³-hybridized carbons (Fsp3) is 0.267. The van der Waals surface area contributed by atoms with Gasteiger partial charge in [0.15, 0.2) is 33.1 Å². The maximum Gasteiger partial charge on any atom is 0.279 e. The van der Waals surface area contributed by atoms with E-state index in [-0.39, 0.29) is 138 Å². The summed E-state index contributed by atoms with van der Waals surface area (Å²) in [7, 11) is 6.73. The standard InChI is InChI=1S/C45H45N9O8S.C45H45N9O6S/c1-26-14-31-21-46-34-20-39(27(2)15-33(34)44(58)54(31)22-26)62-13-7-8-41(56)48-40-25-52(5)42(49-40)38(55)17-28-16-36(50(3)23-28)43(57)47-30-19-37(51(4)24-30)45(59)53-12-11-29-18-32(63(6,60)61)9-10-35(29)53;1-26-14-31-21-46-34-20-39(27(2)15-33(34)44(58)54(31)22-26)60-13-7-8-41(56)48-40-25-52(5)42(49-40)38(55)17-28-16-36(50(3)23-28)43(57)47-30-19-37(51(4)24-30)45(59)53-12-11-29-18-32(61-6)9-10-35(29)53/h9-12,15-16,18-21,23-25,31H,1,7-8,13-14,17,22H2,2-6H3,(H,47,57)(H,48,56);9-12,15-16,18-21,23-25,31H,1,7-8,13-14,17,22H2,2-6H3,(H,47,57)(H,48,56)/t2*31-/m00/s1. The number of ketones is 2. The summed E-state index contributed by atoms with van der Waals surface area (Å²) >= 11 is 1.63. The summed E-state index contributed by atoms with van der Waals surface area (Å²) in [5, 5.41) is 12.8. The third-order valence-electron chi connectivity index (χ3n) is 22.0. The molecule has 0 radical (unpaired) electrons. The third kappa shape index (κ3) is 17.9. The summed E-state index contributed by atoms with van der Waals surface area (Å²) in [6.07, 6.45) is 22.2. The van der Waals surface area contributed by atoms with Gasteiger partial charge in [-0.1, -0.05) is 24.3 Å². The third-order valence-corrected chi connectivity index (χ3v) is 23.9. The number of Topliss-reactive ketones (excluding diaryl/α,β-unsaturated/α-hetero) is 2. The first kappa shape index (κ1) is 84.7. The molecule has 0 aliphatic carbocycles. The van der Waals surface area contributed by atoms with Crippen LogP contribution in [-0.2, 0) is 74.6 Å².